The summed E-state index contributed by atoms with van der Waals surface area (Å²) in [7, 11) is 0. The van der Waals surface area contributed by atoms with Crippen LogP contribution in [0.5, 0.6) is 0 Å². The van der Waals surface area contributed by atoms with Gasteiger partial charge in [-0.1, -0.05) is 12.2 Å². The molecule has 1 heterocycles. The number of amides is 2. The van der Waals surface area contributed by atoms with Gasteiger partial charge in [0.05, 0.1) is 11.8 Å². The van der Waals surface area contributed by atoms with Crippen LogP contribution >= 0.6 is 0 Å². The Hall–Kier alpha value is -2.16. The van der Waals surface area contributed by atoms with Gasteiger partial charge in [0.2, 0.25) is 11.8 Å². The van der Waals surface area contributed by atoms with Crippen LogP contribution in [0.25, 0.3) is 0 Å². The first kappa shape index (κ1) is 14.3. The molecular weight excluding hydrogens is 260 g/mol. The van der Waals surface area contributed by atoms with Gasteiger partial charge in [0.25, 0.3) is 0 Å². The lowest BCUT2D eigenvalue weighted by molar-refractivity contribution is -0.159. The van der Waals surface area contributed by atoms with Crippen molar-refractivity contribution in [3.8, 4) is 6.07 Å². The first-order valence-corrected chi connectivity index (χ1v) is 6.59. The molecule has 20 heavy (non-hydrogen) atoms. The Morgan fingerprint density at radius 3 is 2.25 bits per heavy atom. The standard InChI is InChI=1S/C14H16N2O4/c1-8(7-15)20-14(19)9(2)16-12(17)10-5-3-4-6-11(10)13(16)18/h3-4,8-11H,5-6H2,1-2H3/t8-,9+,10-,11+/m1/s1. The maximum absolute atomic E-state index is 12.2. The van der Waals surface area contributed by atoms with Crippen LogP contribution in [-0.4, -0.2) is 34.8 Å². The molecule has 1 saturated heterocycles. The maximum atomic E-state index is 12.2. The van der Waals surface area contributed by atoms with Crippen molar-refractivity contribution in [2.24, 2.45) is 11.8 Å². The van der Waals surface area contributed by atoms with Gasteiger partial charge in [-0.05, 0) is 26.7 Å². The van der Waals surface area contributed by atoms with Crippen molar-refractivity contribution in [3.05, 3.63) is 12.2 Å². The minimum Gasteiger partial charge on any atom is -0.446 e. The molecule has 0 aromatic carbocycles. The van der Waals surface area contributed by atoms with Crippen molar-refractivity contribution in [3.63, 3.8) is 0 Å². The zero-order valence-corrected chi connectivity index (χ0v) is 11.4. The van der Waals surface area contributed by atoms with Crippen molar-refractivity contribution in [2.75, 3.05) is 0 Å². The molecule has 0 bridgehead atoms. The highest BCUT2D eigenvalue weighted by molar-refractivity contribution is 6.08. The molecule has 1 aliphatic heterocycles. The number of fused-ring (bicyclic) bond motifs is 1. The Kier molecular flexibility index (Phi) is 3.89. The summed E-state index contributed by atoms with van der Waals surface area (Å²) in [6, 6.07) is 0.783. The van der Waals surface area contributed by atoms with Gasteiger partial charge < -0.3 is 4.74 Å². The molecule has 0 radical (unpaired) electrons. The molecule has 0 aromatic heterocycles. The topological polar surface area (TPSA) is 87.5 Å². The molecule has 6 heteroatoms. The molecule has 0 aromatic rings. The zero-order chi connectivity index (χ0) is 14.9. The molecule has 2 aliphatic rings. The second-order valence-electron chi connectivity index (χ2n) is 5.09. The van der Waals surface area contributed by atoms with E-state index in [0.717, 1.165) is 4.90 Å². The highest BCUT2D eigenvalue weighted by atomic mass is 16.5. The van der Waals surface area contributed by atoms with Crippen LogP contribution in [0.4, 0.5) is 0 Å². The Balaban J connectivity index is 2.13. The molecule has 1 aliphatic carbocycles. The number of nitriles is 1. The number of carbonyl (C=O) groups is 3. The average molecular weight is 276 g/mol. The molecule has 0 saturated carbocycles. The lowest BCUT2D eigenvalue weighted by Crippen LogP contribution is -2.45. The van der Waals surface area contributed by atoms with Gasteiger partial charge >= 0.3 is 5.97 Å². The molecule has 0 unspecified atom stereocenters. The molecule has 0 N–H and O–H groups in total. The molecule has 2 rings (SSSR count). The first-order valence-electron chi connectivity index (χ1n) is 6.59. The van der Waals surface area contributed by atoms with E-state index in [4.69, 9.17) is 10.00 Å². The van der Waals surface area contributed by atoms with Gasteiger partial charge in [0, 0.05) is 0 Å². The molecule has 6 nitrogen and oxygen atoms in total. The van der Waals surface area contributed by atoms with E-state index < -0.39 is 18.1 Å². The van der Waals surface area contributed by atoms with Crippen LogP contribution in [0.15, 0.2) is 12.2 Å². The van der Waals surface area contributed by atoms with Gasteiger partial charge in [0.15, 0.2) is 6.10 Å². The molecule has 2 amide bonds. The minimum atomic E-state index is -0.989. The van der Waals surface area contributed by atoms with Crippen molar-refractivity contribution < 1.29 is 19.1 Å². The van der Waals surface area contributed by atoms with E-state index in [1.807, 2.05) is 12.2 Å². The number of rotatable bonds is 3. The van der Waals surface area contributed by atoms with Gasteiger partial charge in [-0.2, -0.15) is 5.26 Å². The number of esters is 1. The van der Waals surface area contributed by atoms with Crippen molar-refractivity contribution >= 4 is 17.8 Å². The van der Waals surface area contributed by atoms with E-state index in [2.05, 4.69) is 0 Å². The van der Waals surface area contributed by atoms with Gasteiger partial charge in [-0.3, -0.25) is 14.5 Å². The summed E-state index contributed by atoms with van der Waals surface area (Å²) < 4.78 is 4.86. The van der Waals surface area contributed by atoms with E-state index in [9.17, 15) is 14.4 Å². The van der Waals surface area contributed by atoms with Crippen LogP contribution < -0.4 is 0 Å². The van der Waals surface area contributed by atoms with Crippen LogP contribution in [0.3, 0.4) is 0 Å². The van der Waals surface area contributed by atoms with E-state index in [0.29, 0.717) is 12.8 Å². The first-order chi connectivity index (χ1) is 9.47. The van der Waals surface area contributed by atoms with E-state index in [-0.39, 0.29) is 23.7 Å². The number of likely N-dealkylation sites (tertiary alicyclic amines) is 1. The fraction of sp³-hybridized carbons (Fsp3) is 0.571. The summed E-state index contributed by atoms with van der Waals surface area (Å²) in [6.07, 6.45) is 3.93. The maximum Gasteiger partial charge on any atom is 0.330 e. The molecule has 106 valence electrons. The summed E-state index contributed by atoms with van der Waals surface area (Å²) in [5, 5.41) is 8.62. The van der Waals surface area contributed by atoms with Crippen LogP contribution in [0, 0.1) is 23.2 Å². The number of hydrogen-bond donors (Lipinski definition) is 0. The second kappa shape index (κ2) is 5.45. The summed E-state index contributed by atoms with van der Waals surface area (Å²) in [5.74, 6) is -2.10. The Morgan fingerprint density at radius 1 is 1.30 bits per heavy atom. The van der Waals surface area contributed by atoms with Crippen molar-refractivity contribution in [2.45, 2.75) is 38.8 Å². The molecular formula is C14H16N2O4. The van der Waals surface area contributed by atoms with Crippen LogP contribution in [0.2, 0.25) is 0 Å². The Morgan fingerprint density at radius 2 is 1.80 bits per heavy atom. The SMILES string of the molecule is C[C@H](C#N)OC(=O)[C@H](C)N1C(=O)[C@H]2CC=CC[C@H]2C1=O. The van der Waals surface area contributed by atoms with Gasteiger partial charge in [-0.25, -0.2) is 4.79 Å². The monoisotopic (exact) mass is 276 g/mol. The van der Waals surface area contributed by atoms with Gasteiger partial charge in [0.1, 0.15) is 12.1 Å². The number of imide groups is 1. The predicted molar refractivity (Wildman–Crippen MR) is 67.8 cm³/mol. The fourth-order valence-electron chi connectivity index (χ4n) is 2.61. The van der Waals surface area contributed by atoms with E-state index >= 15 is 0 Å². The van der Waals surface area contributed by atoms with Crippen LogP contribution in [0.1, 0.15) is 26.7 Å². The quantitative estimate of drug-likeness (QED) is 0.432. The highest BCUT2D eigenvalue weighted by Crippen LogP contribution is 2.36. The smallest absolute Gasteiger partial charge is 0.330 e. The Labute approximate surface area is 117 Å². The van der Waals surface area contributed by atoms with Crippen molar-refractivity contribution in [1.82, 2.24) is 4.90 Å². The third-order valence-corrected chi connectivity index (χ3v) is 3.74. The average Bonchev–Trinajstić information content (AvgIpc) is 2.70. The number of carbonyl (C=O) groups excluding carboxylic acids is 3. The Bertz CT molecular complexity index is 494. The lowest BCUT2D eigenvalue weighted by Gasteiger charge is -2.22. The largest absolute Gasteiger partial charge is 0.446 e. The molecule has 0 spiro atoms. The highest BCUT2D eigenvalue weighted by Gasteiger charge is 2.50. The van der Waals surface area contributed by atoms with Crippen LogP contribution in [-0.2, 0) is 19.1 Å². The van der Waals surface area contributed by atoms with E-state index in [1.165, 1.54) is 13.8 Å². The summed E-state index contributed by atoms with van der Waals surface area (Å²) in [5.41, 5.74) is 0. The second-order valence-corrected chi connectivity index (χ2v) is 5.09. The molecule has 4 atom stereocenters. The zero-order valence-electron chi connectivity index (χ0n) is 11.4. The summed E-state index contributed by atoms with van der Waals surface area (Å²) in [4.78, 5) is 37.4. The summed E-state index contributed by atoms with van der Waals surface area (Å²) in [6.45, 7) is 2.88. The lowest BCUT2D eigenvalue weighted by atomic mass is 9.85. The number of nitrogens with zero attached hydrogens (tertiary/aromatic N) is 2. The predicted octanol–water partition coefficient (Wildman–Crippen LogP) is 0.781. The third kappa shape index (κ3) is 2.31. The van der Waals surface area contributed by atoms with Gasteiger partial charge in [-0.15, -0.1) is 0 Å². The summed E-state index contributed by atoms with van der Waals surface area (Å²) >= 11 is 0. The number of ether oxygens (including phenoxy) is 1. The van der Waals surface area contributed by atoms with E-state index in [1.54, 1.807) is 6.07 Å². The number of hydrogen-bond acceptors (Lipinski definition) is 5. The normalized spacial score (nSPS) is 27.8. The van der Waals surface area contributed by atoms with Crippen molar-refractivity contribution in [1.29, 1.82) is 5.26 Å². The fourth-order valence-corrected chi connectivity index (χ4v) is 2.61. The molecule has 1 fully saturated rings. The third-order valence-electron chi connectivity index (χ3n) is 3.74. The minimum absolute atomic E-state index is 0.321. The number of allylic oxidation sites excluding steroid dienone is 2.